The number of nitrogens with zero attached hydrogens (tertiary/aromatic N) is 3. The van der Waals surface area contributed by atoms with Crippen LogP contribution >= 0.6 is 0 Å². The number of carbonyl (C=O) groups excluding carboxylic acids is 1. The molecule has 9 heteroatoms. The van der Waals surface area contributed by atoms with Crippen molar-refractivity contribution in [1.29, 1.82) is 0 Å². The summed E-state index contributed by atoms with van der Waals surface area (Å²) in [6.07, 6.45) is 1.78. The molecule has 0 fully saturated rings. The van der Waals surface area contributed by atoms with E-state index in [-0.39, 0.29) is 28.9 Å². The van der Waals surface area contributed by atoms with Crippen molar-refractivity contribution in [2.45, 2.75) is 58.0 Å². The highest BCUT2D eigenvalue weighted by atomic mass is 32.2. The van der Waals surface area contributed by atoms with E-state index < -0.39 is 15.7 Å². The monoisotopic (exact) mass is 486 g/mol. The molecule has 3 rings (SSSR count). The number of benzene rings is 2. The molecule has 0 aliphatic rings. The third-order valence-electron chi connectivity index (χ3n) is 6.04. The number of hydrogen-bond acceptors (Lipinski definition) is 5. The van der Waals surface area contributed by atoms with E-state index in [2.05, 4.69) is 24.1 Å². The minimum Gasteiger partial charge on any atom is -0.352 e. The molecule has 1 unspecified atom stereocenters. The lowest BCUT2D eigenvalue weighted by Gasteiger charge is -2.19. The molecule has 8 nitrogen and oxygen atoms in total. The van der Waals surface area contributed by atoms with Gasteiger partial charge in [0.2, 0.25) is 5.91 Å². The molecule has 1 atom stereocenters. The third kappa shape index (κ3) is 5.59. The number of fused-ring (bicyclic) bond motifs is 1. The molecule has 2 aromatic carbocycles. The molecule has 0 bridgehead atoms. The van der Waals surface area contributed by atoms with Crippen molar-refractivity contribution in [2.24, 2.45) is 0 Å². The molecule has 0 radical (unpaired) electrons. The van der Waals surface area contributed by atoms with E-state index in [1.165, 1.54) is 16.7 Å². The molecule has 0 spiro atoms. The van der Waals surface area contributed by atoms with Crippen LogP contribution in [0, 0.1) is 6.92 Å². The van der Waals surface area contributed by atoms with Crippen molar-refractivity contribution in [3.05, 3.63) is 64.6 Å². The number of hydrogen-bond donors (Lipinski definition) is 1. The smallest absolute Gasteiger partial charge is 0.343 e. The van der Waals surface area contributed by atoms with E-state index in [0.717, 1.165) is 42.0 Å². The molecule has 1 heterocycles. The van der Waals surface area contributed by atoms with Crippen LogP contribution in [0.5, 0.6) is 0 Å². The molecule has 3 aromatic rings. The summed E-state index contributed by atoms with van der Waals surface area (Å²) in [6, 6.07) is 13.0. The van der Waals surface area contributed by atoms with Crippen LogP contribution in [0.4, 0.5) is 0 Å². The van der Waals surface area contributed by atoms with E-state index >= 15 is 0 Å². The quantitative estimate of drug-likeness (QED) is 0.450. The van der Waals surface area contributed by atoms with E-state index in [9.17, 15) is 18.0 Å². The maximum Gasteiger partial charge on any atom is 0.343 e. The van der Waals surface area contributed by atoms with E-state index in [4.69, 9.17) is 0 Å². The van der Waals surface area contributed by atoms with Gasteiger partial charge in [0.05, 0.1) is 15.9 Å². The third-order valence-corrected chi connectivity index (χ3v) is 7.72. The summed E-state index contributed by atoms with van der Waals surface area (Å²) >= 11 is 0. The van der Waals surface area contributed by atoms with E-state index in [1.807, 2.05) is 6.92 Å². The van der Waals surface area contributed by atoms with E-state index in [1.54, 1.807) is 43.3 Å². The Bertz CT molecular complexity index is 1310. The zero-order valence-corrected chi connectivity index (χ0v) is 21.1. The zero-order valence-electron chi connectivity index (χ0n) is 20.3. The standard InChI is InChI=1S/C25H34N4O4S/c1-5-27(6-2)16-10-12-20(4)26-24(30)18-28-22-14-7-8-15-23(22)29(25(28)31)34(32,33)21-13-9-11-19(3)17-21/h7-9,11,13-15,17,20H,5-6,10,12,16,18H2,1-4H3,(H,26,30). The Kier molecular flexibility index (Phi) is 8.33. The summed E-state index contributed by atoms with van der Waals surface area (Å²) in [7, 11) is -4.14. The molecular formula is C25H34N4O4S. The van der Waals surface area contributed by atoms with Gasteiger partial charge < -0.3 is 10.2 Å². The maximum absolute atomic E-state index is 13.4. The van der Waals surface area contributed by atoms with Crippen molar-refractivity contribution >= 4 is 27.0 Å². The molecule has 1 aromatic heterocycles. The average molecular weight is 487 g/mol. The van der Waals surface area contributed by atoms with Crippen LogP contribution in [0.15, 0.2) is 58.2 Å². The van der Waals surface area contributed by atoms with Crippen molar-refractivity contribution < 1.29 is 13.2 Å². The van der Waals surface area contributed by atoms with Crippen LogP contribution in [0.25, 0.3) is 11.0 Å². The van der Waals surface area contributed by atoms with Crippen LogP contribution < -0.4 is 11.0 Å². The number of nitrogens with one attached hydrogen (secondary N) is 1. The van der Waals surface area contributed by atoms with Crippen molar-refractivity contribution in [3.63, 3.8) is 0 Å². The van der Waals surface area contributed by atoms with Gasteiger partial charge in [-0.3, -0.25) is 9.36 Å². The second kappa shape index (κ2) is 11.0. The molecule has 0 saturated carbocycles. The predicted molar refractivity (Wildman–Crippen MR) is 135 cm³/mol. The van der Waals surface area contributed by atoms with Gasteiger partial charge in [0.1, 0.15) is 6.54 Å². The van der Waals surface area contributed by atoms with Gasteiger partial charge in [-0.15, -0.1) is 0 Å². The number of carbonyl (C=O) groups is 1. The number of amides is 1. The summed E-state index contributed by atoms with van der Waals surface area (Å²) < 4.78 is 28.7. The van der Waals surface area contributed by atoms with Crippen LogP contribution in [0.2, 0.25) is 0 Å². The van der Waals surface area contributed by atoms with Crippen LogP contribution in [-0.4, -0.2) is 53.4 Å². The number of imidazole rings is 1. The molecular weight excluding hydrogens is 452 g/mol. The largest absolute Gasteiger partial charge is 0.352 e. The van der Waals surface area contributed by atoms with E-state index in [0.29, 0.717) is 5.52 Å². The van der Waals surface area contributed by atoms with Gasteiger partial charge in [-0.2, -0.15) is 3.97 Å². The summed E-state index contributed by atoms with van der Waals surface area (Å²) in [5, 5.41) is 2.94. The molecule has 0 saturated heterocycles. The fraction of sp³-hybridized carbons (Fsp3) is 0.440. The van der Waals surface area contributed by atoms with Gasteiger partial charge in [-0.25, -0.2) is 13.2 Å². The molecule has 1 amide bonds. The Balaban J connectivity index is 1.84. The van der Waals surface area contributed by atoms with Crippen LogP contribution in [0.3, 0.4) is 0 Å². The fourth-order valence-corrected chi connectivity index (χ4v) is 5.66. The zero-order chi connectivity index (χ0) is 24.9. The molecule has 1 N–H and O–H groups in total. The van der Waals surface area contributed by atoms with Gasteiger partial charge in [0.15, 0.2) is 0 Å². The van der Waals surface area contributed by atoms with Gasteiger partial charge >= 0.3 is 5.69 Å². The lowest BCUT2D eigenvalue weighted by Crippen LogP contribution is -2.38. The first-order valence-corrected chi connectivity index (χ1v) is 13.2. The van der Waals surface area contributed by atoms with Gasteiger partial charge in [-0.05, 0) is 76.2 Å². The Labute approximate surface area is 201 Å². The average Bonchev–Trinajstić information content (AvgIpc) is 3.08. The van der Waals surface area contributed by atoms with Crippen molar-refractivity contribution in [3.8, 4) is 0 Å². The first-order chi connectivity index (χ1) is 16.2. The highest BCUT2D eigenvalue weighted by Crippen LogP contribution is 2.20. The lowest BCUT2D eigenvalue weighted by molar-refractivity contribution is -0.122. The van der Waals surface area contributed by atoms with Crippen LogP contribution in [-0.2, 0) is 21.4 Å². The SMILES string of the molecule is CCN(CC)CCCC(C)NC(=O)Cn1c(=O)n(S(=O)(=O)c2cccc(C)c2)c2ccccc21. The highest BCUT2D eigenvalue weighted by Gasteiger charge is 2.26. The summed E-state index contributed by atoms with van der Waals surface area (Å²) in [4.78, 5) is 28.4. The fourth-order valence-electron chi connectivity index (χ4n) is 4.14. The highest BCUT2D eigenvalue weighted by molar-refractivity contribution is 7.90. The first kappa shape index (κ1) is 25.7. The van der Waals surface area contributed by atoms with Gasteiger partial charge in [0.25, 0.3) is 10.0 Å². The Morgan fingerprint density at radius 1 is 1.06 bits per heavy atom. The minimum absolute atomic E-state index is 0.0313. The first-order valence-electron chi connectivity index (χ1n) is 11.7. The molecule has 0 aliphatic heterocycles. The maximum atomic E-state index is 13.4. The van der Waals surface area contributed by atoms with Gasteiger partial charge in [-0.1, -0.05) is 38.1 Å². The van der Waals surface area contributed by atoms with Crippen molar-refractivity contribution in [1.82, 2.24) is 18.8 Å². The molecule has 184 valence electrons. The summed E-state index contributed by atoms with van der Waals surface area (Å²) in [5.41, 5.74) is 0.654. The normalized spacial score (nSPS) is 12.9. The van der Waals surface area contributed by atoms with Crippen molar-refractivity contribution in [2.75, 3.05) is 19.6 Å². The van der Waals surface area contributed by atoms with Gasteiger partial charge in [0, 0.05) is 6.04 Å². The Hall–Kier alpha value is -2.91. The number of para-hydroxylation sites is 2. The molecule has 0 aliphatic carbocycles. The second-order valence-electron chi connectivity index (χ2n) is 8.58. The number of aryl methyl sites for hydroxylation is 1. The number of aromatic nitrogens is 2. The molecule has 34 heavy (non-hydrogen) atoms. The Morgan fingerprint density at radius 2 is 1.74 bits per heavy atom. The topological polar surface area (TPSA) is 93.4 Å². The minimum atomic E-state index is -4.14. The van der Waals surface area contributed by atoms with Crippen LogP contribution in [0.1, 0.15) is 39.2 Å². The Morgan fingerprint density at radius 3 is 2.38 bits per heavy atom. The number of rotatable bonds is 11. The second-order valence-corrected chi connectivity index (χ2v) is 10.4. The lowest BCUT2D eigenvalue weighted by atomic mass is 10.1. The summed E-state index contributed by atoms with van der Waals surface area (Å²) in [6.45, 7) is 10.7. The predicted octanol–water partition coefficient (Wildman–Crippen LogP) is 2.98. The summed E-state index contributed by atoms with van der Waals surface area (Å²) in [5.74, 6) is -0.326.